The molecule has 142 valence electrons. The van der Waals surface area contributed by atoms with Crippen LogP contribution in [-0.4, -0.2) is 67.5 Å². The third-order valence-corrected chi connectivity index (χ3v) is 4.17. The molecule has 1 saturated heterocycles. The summed E-state index contributed by atoms with van der Waals surface area (Å²) in [7, 11) is 1.28. The van der Waals surface area contributed by atoms with E-state index in [0.717, 1.165) is 0 Å². The normalized spacial score (nSPS) is 14.1. The lowest BCUT2D eigenvalue weighted by Gasteiger charge is -2.34. The maximum absolute atomic E-state index is 13.9. The molecule has 0 aliphatic carbocycles. The van der Waals surface area contributed by atoms with Crippen molar-refractivity contribution in [3.8, 4) is 5.75 Å². The number of esters is 1. The molecule has 0 spiro atoms. The molecule has 0 saturated carbocycles. The molecule has 0 radical (unpaired) electrons. The molecule has 1 aromatic rings. The number of benzene rings is 1. The SMILES string of the molecule is CCOc1ccc(C(=O)N2CCN(C(=O)CCC(=O)OC)CC2)cc1F. The van der Waals surface area contributed by atoms with Gasteiger partial charge >= 0.3 is 5.97 Å². The van der Waals surface area contributed by atoms with Crippen LogP contribution in [0.3, 0.4) is 0 Å². The van der Waals surface area contributed by atoms with E-state index in [2.05, 4.69) is 4.74 Å². The number of methoxy groups -OCH3 is 1. The van der Waals surface area contributed by atoms with Crippen molar-refractivity contribution in [1.29, 1.82) is 0 Å². The van der Waals surface area contributed by atoms with Crippen molar-refractivity contribution in [2.45, 2.75) is 19.8 Å². The molecule has 2 rings (SSSR count). The van der Waals surface area contributed by atoms with Crippen molar-refractivity contribution in [3.05, 3.63) is 29.6 Å². The van der Waals surface area contributed by atoms with Gasteiger partial charge in [0.2, 0.25) is 5.91 Å². The molecule has 0 unspecified atom stereocenters. The van der Waals surface area contributed by atoms with Gasteiger partial charge in [0, 0.05) is 38.2 Å². The Kier molecular flexibility index (Phi) is 6.94. The molecule has 0 aromatic heterocycles. The van der Waals surface area contributed by atoms with Gasteiger partial charge in [0.25, 0.3) is 5.91 Å². The summed E-state index contributed by atoms with van der Waals surface area (Å²) in [6, 6.07) is 4.14. The Labute approximate surface area is 151 Å². The van der Waals surface area contributed by atoms with Crippen molar-refractivity contribution in [3.63, 3.8) is 0 Å². The molecule has 0 atom stereocenters. The number of carbonyl (C=O) groups is 3. The van der Waals surface area contributed by atoms with Crippen LogP contribution < -0.4 is 4.74 Å². The van der Waals surface area contributed by atoms with Crippen LogP contribution in [0, 0.1) is 5.82 Å². The van der Waals surface area contributed by atoms with Gasteiger partial charge in [0.05, 0.1) is 20.1 Å². The number of rotatable bonds is 6. The van der Waals surface area contributed by atoms with E-state index in [4.69, 9.17) is 4.74 Å². The molecule has 1 fully saturated rings. The highest BCUT2D eigenvalue weighted by Gasteiger charge is 2.25. The minimum absolute atomic E-state index is 0.0416. The summed E-state index contributed by atoms with van der Waals surface area (Å²) < 4.78 is 23.6. The predicted molar refractivity (Wildman–Crippen MR) is 91.3 cm³/mol. The van der Waals surface area contributed by atoms with E-state index >= 15 is 0 Å². The van der Waals surface area contributed by atoms with Crippen LogP contribution >= 0.6 is 0 Å². The Hall–Kier alpha value is -2.64. The molecule has 1 heterocycles. The maximum Gasteiger partial charge on any atom is 0.306 e. The Bertz CT molecular complexity index is 672. The highest BCUT2D eigenvalue weighted by atomic mass is 19.1. The molecule has 0 bridgehead atoms. The molecular weight excluding hydrogens is 343 g/mol. The second kappa shape index (κ2) is 9.17. The van der Waals surface area contributed by atoms with Gasteiger partial charge in [-0.1, -0.05) is 0 Å². The summed E-state index contributed by atoms with van der Waals surface area (Å²) in [5, 5.41) is 0. The summed E-state index contributed by atoms with van der Waals surface area (Å²) in [4.78, 5) is 38.9. The van der Waals surface area contributed by atoms with E-state index < -0.39 is 11.8 Å². The van der Waals surface area contributed by atoms with E-state index in [1.54, 1.807) is 16.7 Å². The number of piperazine rings is 1. The number of carbonyl (C=O) groups excluding carboxylic acids is 3. The lowest BCUT2D eigenvalue weighted by atomic mass is 10.1. The number of amides is 2. The minimum atomic E-state index is -0.575. The Morgan fingerprint density at radius 3 is 2.31 bits per heavy atom. The molecule has 2 amide bonds. The molecule has 7 nitrogen and oxygen atoms in total. The highest BCUT2D eigenvalue weighted by molar-refractivity contribution is 5.94. The predicted octanol–water partition coefficient (Wildman–Crippen LogP) is 1.46. The van der Waals surface area contributed by atoms with Crippen LogP contribution in [0.2, 0.25) is 0 Å². The first kappa shape index (κ1) is 19.7. The molecule has 26 heavy (non-hydrogen) atoms. The molecule has 1 aliphatic rings. The van der Waals surface area contributed by atoms with E-state index in [1.165, 1.54) is 25.3 Å². The van der Waals surface area contributed by atoms with Gasteiger partial charge in [-0.05, 0) is 25.1 Å². The van der Waals surface area contributed by atoms with Crippen molar-refractivity contribution >= 4 is 17.8 Å². The Morgan fingerprint density at radius 1 is 1.08 bits per heavy atom. The molecular formula is C18H23FN2O5. The van der Waals surface area contributed by atoms with E-state index in [-0.39, 0.29) is 36.0 Å². The standard InChI is InChI=1S/C18H23FN2O5/c1-3-26-15-5-4-13(12-14(15)19)18(24)21-10-8-20(9-11-21)16(22)6-7-17(23)25-2/h4-5,12H,3,6-11H2,1-2H3. The first-order valence-electron chi connectivity index (χ1n) is 8.52. The average Bonchev–Trinajstić information content (AvgIpc) is 2.67. The van der Waals surface area contributed by atoms with Crippen LogP contribution in [0.4, 0.5) is 4.39 Å². The third-order valence-electron chi connectivity index (χ3n) is 4.17. The fourth-order valence-corrected chi connectivity index (χ4v) is 2.72. The zero-order valence-corrected chi connectivity index (χ0v) is 15.0. The summed E-state index contributed by atoms with van der Waals surface area (Å²) in [5.74, 6) is -1.31. The largest absolute Gasteiger partial charge is 0.491 e. The zero-order valence-electron chi connectivity index (χ0n) is 15.0. The van der Waals surface area contributed by atoms with Crippen LogP contribution in [0.1, 0.15) is 30.1 Å². The molecule has 1 aromatic carbocycles. The van der Waals surface area contributed by atoms with Gasteiger partial charge < -0.3 is 19.3 Å². The van der Waals surface area contributed by atoms with Crippen molar-refractivity contribution in [2.75, 3.05) is 39.9 Å². The number of halogens is 1. The lowest BCUT2D eigenvalue weighted by molar-refractivity contribution is -0.143. The van der Waals surface area contributed by atoms with E-state index in [1.807, 2.05) is 0 Å². The number of hydrogen-bond donors (Lipinski definition) is 0. The van der Waals surface area contributed by atoms with E-state index in [0.29, 0.717) is 32.8 Å². The second-order valence-electron chi connectivity index (χ2n) is 5.83. The highest BCUT2D eigenvalue weighted by Crippen LogP contribution is 2.20. The first-order chi connectivity index (χ1) is 12.5. The Morgan fingerprint density at radius 2 is 1.73 bits per heavy atom. The van der Waals surface area contributed by atoms with E-state index in [9.17, 15) is 18.8 Å². The summed E-state index contributed by atoms with van der Waals surface area (Å²) >= 11 is 0. The van der Waals surface area contributed by atoms with Gasteiger partial charge in [-0.25, -0.2) is 4.39 Å². The topological polar surface area (TPSA) is 76.2 Å². The first-order valence-corrected chi connectivity index (χ1v) is 8.52. The third kappa shape index (κ3) is 4.93. The van der Waals surface area contributed by atoms with Crippen LogP contribution in [0.15, 0.2) is 18.2 Å². The fraction of sp³-hybridized carbons (Fsp3) is 0.500. The number of nitrogens with zero attached hydrogens (tertiary/aromatic N) is 2. The fourth-order valence-electron chi connectivity index (χ4n) is 2.72. The lowest BCUT2D eigenvalue weighted by Crippen LogP contribution is -2.50. The van der Waals surface area contributed by atoms with Crippen LogP contribution in [0.25, 0.3) is 0 Å². The van der Waals surface area contributed by atoms with Gasteiger partial charge in [-0.15, -0.1) is 0 Å². The second-order valence-corrected chi connectivity index (χ2v) is 5.83. The summed E-state index contributed by atoms with van der Waals surface area (Å²) in [5.41, 5.74) is 0.247. The smallest absolute Gasteiger partial charge is 0.306 e. The van der Waals surface area contributed by atoms with Crippen molar-refractivity contribution in [2.24, 2.45) is 0 Å². The molecule has 1 aliphatic heterocycles. The maximum atomic E-state index is 13.9. The minimum Gasteiger partial charge on any atom is -0.491 e. The molecule has 8 heteroatoms. The summed E-state index contributed by atoms with van der Waals surface area (Å²) in [6.07, 6.45) is 0.130. The quantitative estimate of drug-likeness (QED) is 0.713. The monoisotopic (exact) mass is 366 g/mol. The van der Waals surface area contributed by atoms with Crippen LogP contribution in [-0.2, 0) is 14.3 Å². The van der Waals surface area contributed by atoms with Crippen molar-refractivity contribution < 1.29 is 28.2 Å². The van der Waals surface area contributed by atoms with Gasteiger partial charge in [0.1, 0.15) is 0 Å². The molecule has 0 N–H and O–H groups in total. The average molecular weight is 366 g/mol. The number of hydrogen-bond acceptors (Lipinski definition) is 5. The number of ether oxygens (including phenoxy) is 2. The van der Waals surface area contributed by atoms with Gasteiger partial charge in [-0.2, -0.15) is 0 Å². The Balaban J connectivity index is 1.89. The van der Waals surface area contributed by atoms with Crippen LogP contribution in [0.5, 0.6) is 5.75 Å². The van der Waals surface area contributed by atoms with Gasteiger partial charge in [-0.3, -0.25) is 14.4 Å². The van der Waals surface area contributed by atoms with Gasteiger partial charge in [0.15, 0.2) is 11.6 Å². The zero-order chi connectivity index (χ0) is 19.1. The summed E-state index contributed by atoms with van der Waals surface area (Å²) in [6.45, 7) is 3.58. The van der Waals surface area contributed by atoms with Crippen molar-refractivity contribution in [1.82, 2.24) is 9.80 Å².